The molecular weight excluding hydrogens is 218 g/mol. The molecule has 0 spiro atoms. The van der Waals surface area contributed by atoms with Gasteiger partial charge in [-0.2, -0.15) is 0 Å². The number of amides is 1. The van der Waals surface area contributed by atoms with Crippen LogP contribution in [0.4, 0.5) is 4.79 Å². The van der Waals surface area contributed by atoms with E-state index in [1.54, 1.807) is 7.05 Å². The number of rotatable bonds is 3. The molecule has 0 saturated heterocycles. The smallest absolute Gasteiger partial charge is 0.410 e. The molecule has 0 aromatic heterocycles. The number of hydrogen-bond donors (Lipinski definition) is 0. The molecule has 0 radical (unpaired) electrons. The molecule has 98 valence electrons. The maximum atomic E-state index is 12.1. The van der Waals surface area contributed by atoms with E-state index in [0.717, 1.165) is 12.8 Å². The number of hydrogen-bond acceptors (Lipinski definition) is 3. The average molecular weight is 241 g/mol. The first-order valence-electron chi connectivity index (χ1n) is 6.11. The van der Waals surface area contributed by atoms with Crippen molar-refractivity contribution in [2.24, 2.45) is 5.92 Å². The van der Waals surface area contributed by atoms with Gasteiger partial charge in [0.25, 0.3) is 0 Å². The highest BCUT2D eigenvalue weighted by atomic mass is 16.6. The highest BCUT2D eigenvalue weighted by Crippen LogP contribution is 2.44. The van der Waals surface area contributed by atoms with Crippen LogP contribution >= 0.6 is 0 Å². The van der Waals surface area contributed by atoms with Crippen molar-refractivity contribution in [3.05, 3.63) is 0 Å². The predicted molar refractivity (Wildman–Crippen MR) is 65.8 cm³/mol. The second kappa shape index (κ2) is 4.31. The molecule has 0 N–H and O–H groups in total. The third kappa shape index (κ3) is 2.99. The largest absolute Gasteiger partial charge is 0.444 e. The molecule has 1 amide bonds. The summed E-state index contributed by atoms with van der Waals surface area (Å²) in [5.74, 6) is 0.0771. The summed E-state index contributed by atoms with van der Waals surface area (Å²) < 4.78 is 5.29. The van der Waals surface area contributed by atoms with Crippen LogP contribution in [0.1, 0.15) is 47.5 Å². The Bertz CT molecular complexity index is 324. The van der Waals surface area contributed by atoms with Gasteiger partial charge in [0.05, 0.1) is 0 Å². The van der Waals surface area contributed by atoms with Crippen LogP contribution in [0.2, 0.25) is 0 Å². The van der Waals surface area contributed by atoms with Crippen LogP contribution in [0.5, 0.6) is 0 Å². The SMILES string of the molecule is CC(C)C(=O)C1(N(C)C(=O)OC(C)(C)C)CC1. The normalized spacial score (nSPS) is 17.8. The van der Waals surface area contributed by atoms with Crippen LogP contribution in [-0.2, 0) is 9.53 Å². The van der Waals surface area contributed by atoms with Crippen molar-refractivity contribution < 1.29 is 14.3 Å². The lowest BCUT2D eigenvalue weighted by molar-refractivity contribution is -0.128. The van der Waals surface area contributed by atoms with Crippen molar-refractivity contribution in [2.45, 2.75) is 58.6 Å². The van der Waals surface area contributed by atoms with Crippen LogP contribution < -0.4 is 0 Å². The Morgan fingerprint density at radius 3 is 2.00 bits per heavy atom. The third-order valence-corrected chi connectivity index (χ3v) is 3.02. The number of ether oxygens (including phenoxy) is 1. The Morgan fingerprint density at radius 1 is 1.24 bits per heavy atom. The van der Waals surface area contributed by atoms with E-state index in [2.05, 4.69) is 0 Å². The summed E-state index contributed by atoms with van der Waals surface area (Å²) >= 11 is 0. The van der Waals surface area contributed by atoms with Crippen molar-refractivity contribution in [3.8, 4) is 0 Å². The van der Waals surface area contributed by atoms with Gasteiger partial charge >= 0.3 is 6.09 Å². The number of Topliss-reactive ketones (excluding diaryl/α,β-unsaturated/α-hetero) is 1. The molecule has 0 bridgehead atoms. The minimum absolute atomic E-state index is 0.0533. The molecule has 0 aromatic rings. The number of ketones is 1. The van der Waals surface area contributed by atoms with E-state index < -0.39 is 17.2 Å². The standard InChI is InChI=1S/C13H23NO3/c1-9(2)10(15)13(7-8-13)14(6)11(16)17-12(3,4)5/h9H,7-8H2,1-6H3. The van der Waals surface area contributed by atoms with Gasteiger partial charge in [0.2, 0.25) is 0 Å². The van der Waals surface area contributed by atoms with E-state index >= 15 is 0 Å². The zero-order valence-corrected chi connectivity index (χ0v) is 11.7. The van der Waals surface area contributed by atoms with Crippen LogP contribution in [-0.4, -0.2) is 35.0 Å². The predicted octanol–water partition coefficient (Wildman–Crippen LogP) is 2.61. The van der Waals surface area contributed by atoms with Gasteiger partial charge in [0.15, 0.2) is 5.78 Å². The monoisotopic (exact) mass is 241 g/mol. The summed E-state index contributed by atoms with van der Waals surface area (Å²) in [6.07, 6.45) is 1.09. The number of nitrogens with zero attached hydrogens (tertiary/aromatic N) is 1. The molecule has 1 aliphatic rings. The van der Waals surface area contributed by atoms with Gasteiger partial charge in [-0.25, -0.2) is 4.79 Å². The Balaban J connectivity index is 2.74. The molecule has 17 heavy (non-hydrogen) atoms. The summed E-state index contributed by atoms with van der Waals surface area (Å²) in [5, 5.41) is 0. The zero-order valence-electron chi connectivity index (χ0n) is 11.7. The highest BCUT2D eigenvalue weighted by Gasteiger charge is 2.55. The topological polar surface area (TPSA) is 46.6 Å². The summed E-state index contributed by atoms with van der Waals surface area (Å²) in [4.78, 5) is 25.5. The van der Waals surface area contributed by atoms with Crippen molar-refractivity contribution in [3.63, 3.8) is 0 Å². The second-order valence-corrected chi connectivity index (χ2v) is 6.09. The fourth-order valence-corrected chi connectivity index (χ4v) is 1.91. The van der Waals surface area contributed by atoms with Gasteiger partial charge in [0, 0.05) is 13.0 Å². The second-order valence-electron chi connectivity index (χ2n) is 6.09. The summed E-state index contributed by atoms with van der Waals surface area (Å²) in [7, 11) is 1.65. The first-order chi connectivity index (χ1) is 7.60. The van der Waals surface area contributed by atoms with Crippen molar-refractivity contribution in [1.29, 1.82) is 0 Å². The van der Waals surface area contributed by atoms with E-state index in [1.165, 1.54) is 4.90 Å². The van der Waals surface area contributed by atoms with E-state index in [4.69, 9.17) is 4.74 Å². The molecule has 1 rings (SSSR count). The maximum absolute atomic E-state index is 12.1. The third-order valence-electron chi connectivity index (χ3n) is 3.02. The number of carbonyl (C=O) groups excluding carboxylic acids is 2. The van der Waals surface area contributed by atoms with Gasteiger partial charge in [-0.05, 0) is 33.6 Å². The molecule has 0 aromatic carbocycles. The lowest BCUT2D eigenvalue weighted by atomic mass is 9.99. The lowest BCUT2D eigenvalue weighted by Crippen LogP contribution is -2.48. The Kier molecular flexibility index (Phi) is 3.55. The van der Waals surface area contributed by atoms with Gasteiger partial charge in [-0.3, -0.25) is 9.69 Å². The molecule has 0 aliphatic heterocycles. The highest BCUT2D eigenvalue weighted by molar-refractivity contribution is 5.95. The zero-order chi connectivity index (χ0) is 13.4. The Labute approximate surface area is 103 Å². The van der Waals surface area contributed by atoms with Crippen LogP contribution in [0.25, 0.3) is 0 Å². The van der Waals surface area contributed by atoms with E-state index in [-0.39, 0.29) is 11.7 Å². The first-order valence-corrected chi connectivity index (χ1v) is 6.11. The van der Waals surface area contributed by atoms with Gasteiger partial charge in [-0.1, -0.05) is 13.8 Å². The van der Waals surface area contributed by atoms with Gasteiger partial charge in [0.1, 0.15) is 11.1 Å². The fraction of sp³-hybridized carbons (Fsp3) is 0.846. The minimum Gasteiger partial charge on any atom is -0.444 e. The molecule has 1 fully saturated rings. The summed E-state index contributed by atoms with van der Waals surface area (Å²) in [6.45, 7) is 9.20. The molecule has 0 atom stereocenters. The average Bonchev–Trinajstić information content (AvgIpc) is 2.93. The van der Waals surface area contributed by atoms with E-state index in [0.29, 0.717) is 0 Å². The number of carbonyl (C=O) groups is 2. The Hall–Kier alpha value is -1.06. The summed E-state index contributed by atoms with van der Waals surface area (Å²) in [5.41, 5.74) is -1.13. The molecule has 0 heterocycles. The van der Waals surface area contributed by atoms with Crippen molar-refractivity contribution in [1.82, 2.24) is 4.90 Å². The molecule has 1 aliphatic carbocycles. The Morgan fingerprint density at radius 2 is 1.71 bits per heavy atom. The molecule has 0 unspecified atom stereocenters. The van der Waals surface area contributed by atoms with E-state index in [9.17, 15) is 9.59 Å². The molecular formula is C13H23NO3. The van der Waals surface area contributed by atoms with E-state index in [1.807, 2.05) is 34.6 Å². The molecule has 1 saturated carbocycles. The summed E-state index contributed by atoms with van der Waals surface area (Å²) in [6, 6.07) is 0. The van der Waals surface area contributed by atoms with Crippen molar-refractivity contribution >= 4 is 11.9 Å². The van der Waals surface area contributed by atoms with Gasteiger partial charge < -0.3 is 4.74 Å². The minimum atomic E-state index is -0.601. The van der Waals surface area contributed by atoms with Crippen LogP contribution in [0.15, 0.2) is 0 Å². The molecule has 4 nitrogen and oxygen atoms in total. The lowest BCUT2D eigenvalue weighted by Gasteiger charge is -2.30. The number of likely N-dealkylation sites (N-methyl/N-ethyl adjacent to an activating group) is 1. The van der Waals surface area contributed by atoms with Gasteiger partial charge in [-0.15, -0.1) is 0 Å². The van der Waals surface area contributed by atoms with Crippen LogP contribution in [0.3, 0.4) is 0 Å². The quantitative estimate of drug-likeness (QED) is 0.763. The molecule has 4 heteroatoms. The van der Waals surface area contributed by atoms with Crippen molar-refractivity contribution in [2.75, 3.05) is 7.05 Å². The van der Waals surface area contributed by atoms with Crippen LogP contribution in [0, 0.1) is 5.92 Å². The first kappa shape index (κ1) is 14.0. The fourth-order valence-electron chi connectivity index (χ4n) is 1.91. The maximum Gasteiger partial charge on any atom is 0.410 e.